The number of esters is 1. The number of fused-ring (bicyclic) bond motifs is 2. The van der Waals surface area contributed by atoms with Crippen LogP contribution < -0.4 is 5.32 Å². The third-order valence-electron chi connectivity index (χ3n) is 4.19. The second-order valence-corrected chi connectivity index (χ2v) is 5.40. The van der Waals surface area contributed by atoms with Crippen LogP contribution in [0.3, 0.4) is 0 Å². The summed E-state index contributed by atoms with van der Waals surface area (Å²) in [6.45, 7) is 4.77. The van der Waals surface area contributed by atoms with Crippen molar-refractivity contribution in [2.45, 2.75) is 31.5 Å². The number of carbonyl (C=O) groups is 1. The van der Waals surface area contributed by atoms with Crippen LogP contribution in [0, 0.1) is 0 Å². The van der Waals surface area contributed by atoms with E-state index in [1.54, 1.807) is 0 Å². The highest BCUT2D eigenvalue weighted by molar-refractivity contribution is 5.82. The van der Waals surface area contributed by atoms with Crippen LogP contribution in [0.25, 0.3) is 0 Å². The molecule has 2 saturated heterocycles. The third kappa shape index (κ3) is 2.15. The molecule has 2 unspecified atom stereocenters. The maximum absolute atomic E-state index is 12.3. The lowest BCUT2D eigenvalue weighted by Gasteiger charge is -2.36. The lowest BCUT2D eigenvalue weighted by Crippen LogP contribution is -2.57. The first-order valence-electron chi connectivity index (χ1n) is 6.94. The number of hydrogen-bond donors (Lipinski definition) is 1. The molecule has 0 spiro atoms. The predicted octanol–water partition coefficient (Wildman–Crippen LogP) is 1.17. The molecule has 19 heavy (non-hydrogen) atoms. The number of likely N-dealkylation sites (tertiary alicyclic amines) is 1. The van der Waals surface area contributed by atoms with Gasteiger partial charge < -0.3 is 10.1 Å². The van der Waals surface area contributed by atoms with E-state index in [0.717, 1.165) is 19.5 Å². The van der Waals surface area contributed by atoms with E-state index in [2.05, 4.69) is 22.3 Å². The van der Waals surface area contributed by atoms with Crippen LogP contribution in [0.2, 0.25) is 0 Å². The van der Waals surface area contributed by atoms with Crippen LogP contribution >= 0.6 is 0 Å². The van der Waals surface area contributed by atoms with Crippen LogP contribution in [0.5, 0.6) is 0 Å². The van der Waals surface area contributed by atoms with E-state index in [4.69, 9.17) is 4.74 Å². The predicted molar refractivity (Wildman–Crippen MR) is 72.6 cm³/mol. The quantitative estimate of drug-likeness (QED) is 0.825. The molecule has 0 aliphatic carbocycles. The fraction of sp³-hybridized carbons (Fsp3) is 0.533. The summed E-state index contributed by atoms with van der Waals surface area (Å²) in [5.74, 6) is -0.0709. The first-order chi connectivity index (χ1) is 9.24. The summed E-state index contributed by atoms with van der Waals surface area (Å²) in [5, 5.41) is 3.41. The van der Waals surface area contributed by atoms with Gasteiger partial charge in [0.25, 0.3) is 0 Å². The summed E-state index contributed by atoms with van der Waals surface area (Å²) in [5.41, 5.74) is 0.801. The van der Waals surface area contributed by atoms with Gasteiger partial charge in [0.2, 0.25) is 0 Å². The molecule has 1 aromatic rings. The summed E-state index contributed by atoms with van der Waals surface area (Å²) in [4.78, 5) is 14.6. The van der Waals surface area contributed by atoms with Crippen molar-refractivity contribution < 1.29 is 9.53 Å². The Balaban J connectivity index is 1.79. The molecule has 2 bridgehead atoms. The normalized spacial score (nSPS) is 29.6. The fourth-order valence-corrected chi connectivity index (χ4v) is 3.25. The van der Waals surface area contributed by atoms with Crippen LogP contribution in [-0.2, 0) is 16.1 Å². The molecule has 1 N–H and O–H groups in total. The molecule has 1 aromatic carbocycles. The van der Waals surface area contributed by atoms with E-state index in [1.165, 1.54) is 5.56 Å². The molecule has 2 aliphatic heterocycles. The van der Waals surface area contributed by atoms with Gasteiger partial charge in [-0.3, -0.25) is 4.90 Å². The average molecular weight is 260 g/mol. The van der Waals surface area contributed by atoms with Crippen molar-refractivity contribution in [1.29, 1.82) is 0 Å². The van der Waals surface area contributed by atoms with Crippen molar-refractivity contribution in [2.75, 3.05) is 19.7 Å². The van der Waals surface area contributed by atoms with Crippen molar-refractivity contribution in [2.24, 2.45) is 0 Å². The Morgan fingerprint density at radius 2 is 2.26 bits per heavy atom. The summed E-state index contributed by atoms with van der Waals surface area (Å²) in [6, 6.07) is 10.7. The van der Waals surface area contributed by atoms with Crippen molar-refractivity contribution in [3.8, 4) is 0 Å². The number of carbonyl (C=O) groups excluding carboxylic acids is 1. The molecule has 2 fully saturated rings. The van der Waals surface area contributed by atoms with Crippen molar-refractivity contribution in [3.63, 3.8) is 0 Å². The van der Waals surface area contributed by atoms with E-state index in [9.17, 15) is 4.79 Å². The number of piperazine rings is 1. The molecular formula is C15H20N2O2. The standard InChI is InChI=1S/C15H20N2O2/c1-2-19-14(18)15-8-13(16-11-15)10-17(15)9-12-6-4-3-5-7-12/h3-7,13,16H,2,8-11H2,1H3. The highest BCUT2D eigenvalue weighted by Crippen LogP contribution is 2.36. The maximum atomic E-state index is 12.3. The second kappa shape index (κ2) is 4.94. The number of rotatable bonds is 4. The Hall–Kier alpha value is -1.39. The molecule has 2 heterocycles. The Kier molecular flexibility index (Phi) is 3.29. The largest absolute Gasteiger partial charge is 0.465 e. The van der Waals surface area contributed by atoms with Gasteiger partial charge in [-0.2, -0.15) is 0 Å². The van der Waals surface area contributed by atoms with E-state index >= 15 is 0 Å². The van der Waals surface area contributed by atoms with Gasteiger partial charge in [0.15, 0.2) is 0 Å². The molecule has 102 valence electrons. The molecule has 0 saturated carbocycles. The van der Waals surface area contributed by atoms with E-state index in [1.807, 2.05) is 25.1 Å². The minimum Gasteiger partial charge on any atom is -0.465 e. The zero-order chi connectivity index (χ0) is 13.3. The molecule has 3 rings (SSSR count). The van der Waals surface area contributed by atoms with Gasteiger partial charge in [-0.05, 0) is 18.9 Å². The summed E-state index contributed by atoms with van der Waals surface area (Å²) < 4.78 is 5.29. The van der Waals surface area contributed by atoms with Gasteiger partial charge in [0.05, 0.1) is 6.61 Å². The summed E-state index contributed by atoms with van der Waals surface area (Å²) >= 11 is 0. The molecule has 4 nitrogen and oxygen atoms in total. The highest BCUT2D eigenvalue weighted by atomic mass is 16.5. The Bertz CT molecular complexity index is 462. The lowest BCUT2D eigenvalue weighted by atomic mass is 9.98. The molecule has 0 amide bonds. The minimum absolute atomic E-state index is 0.0709. The van der Waals surface area contributed by atoms with Gasteiger partial charge in [-0.25, -0.2) is 4.79 Å². The molecule has 0 radical (unpaired) electrons. The second-order valence-electron chi connectivity index (χ2n) is 5.40. The fourth-order valence-electron chi connectivity index (χ4n) is 3.25. The van der Waals surface area contributed by atoms with Crippen LogP contribution in [0.4, 0.5) is 0 Å². The third-order valence-corrected chi connectivity index (χ3v) is 4.19. The summed E-state index contributed by atoms with van der Waals surface area (Å²) in [7, 11) is 0. The number of hydrogen-bond acceptors (Lipinski definition) is 4. The Morgan fingerprint density at radius 1 is 1.47 bits per heavy atom. The van der Waals surface area contributed by atoms with Gasteiger partial charge in [-0.15, -0.1) is 0 Å². The van der Waals surface area contributed by atoms with Crippen LogP contribution in [0.15, 0.2) is 30.3 Å². The van der Waals surface area contributed by atoms with Gasteiger partial charge in [0.1, 0.15) is 5.54 Å². The van der Waals surface area contributed by atoms with Gasteiger partial charge in [0, 0.05) is 25.7 Å². The molecule has 2 atom stereocenters. The maximum Gasteiger partial charge on any atom is 0.327 e. The topological polar surface area (TPSA) is 41.6 Å². The zero-order valence-corrected chi connectivity index (χ0v) is 11.3. The van der Waals surface area contributed by atoms with Crippen molar-refractivity contribution in [1.82, 2.24) is 10.2 Å². The zero-order valence-electron chi connectivity index (χ0n) is 11.3. The number of ether oxygens (including phenoxy) is 1. The smallest absolute Gasteiger partial charge is 0.327 e. The van der Waals surface area contributed by atoms with Gasteiger partial charge >= 0.3 is 5.97 Å². The van der Waals surface area contributed by atoms with Crippen LogP contribution in [0.1, 0.15) is 18.9 Å². The van der Waals surface area contributed by atoms with E-state index < -0.39 is 5.54 Å². The SMILES string of the molecule is CCOC(=O)C12CNC(CN1Cc1ccccc1)C2. The van der Waals surface area contributed by atoms with Crippen molar-refractivity contribution >= 4 is 5.97 Å². The molecule has 2 aliphatic rings. The first-order valence-corrected chi connectivity index (χ1v) is 6.94. The van der Waals surface area contributed by atoms with E-state index in [0.29, 0.717) is 19.2 Å². The van der Waals surface area contributed by atoms with E-state index in [-0.39, 0.29) is 5.97 Å². The number of nitrogens with one attached hydrogen (secondary N) is 1. The summed E-state index contributed by atoms with van der Waals surface area (Å²) in [6.07, 6.45) is 0.874. The Labute approximate surface area is 113 Å². The van der Waals surface area contributed by atoms with Gasteiger partial charge in [-0.1, -0.05) is 30.3 Å². The average Bonchev–Trinajstić information content (AvgIpc) is 2.99. The first kappa shape index (κ1) is 12.6. The lowest BCUT2D eigenvalue weighted by molar-refractivity contribution is -0.156. The highest BCUT2D eigenvalue weighted by Gasteiger charge is 2.56. The van der Waals surface area contributed by atoms with Crippen LogP contribution in [-0.4, -0.2) is 42.1 Å². The number of nitrogens with zero attached hydrogens (tertiary/aromatic N) is 1. The monoisotopic (exact) mass is 260 g/mol. The Morgan fingerprint density at radius 3 is 2.95 bits per heavy atom. The van der Waals surface area contributed by atoms with Crippen molar-refractivity contribution in [3.05, 3.63) is 35.9 Å². The minimum atomic E-state index is -0.448. The molecule has 0 aromatic heterocycles. The molecule has 4 heteroatoms. The number of benzene rings is 1. The molecular weight excluding hydrogens is 240 g/mol.